The Balaban J connectivity index is 1.93. The predicted molar refractivity (Wildman–Crippen MR) is 100 cm³/mol. The molecule has 2 aromatic carbocycles. The molecule has 0 aliphatic carbocycles. The Morgan fingerprint density at radius 3 is 2.00 bits per heavy atom. The normalized spacial score (nSPS) is 15.5. The van der Waals surface area contributed by atoms with Crippen LogP contribution in [0.5, 0.6) is 0 Å². The average Bonchev–Trinajstić information content (AvgIpc) is 2.99. The molecule has 1 amide bonds. The van der Waals surface area contributed by atoms with Crippen molar-refractivity contribution in [1.29, 1.82) is 0 Å². The largest absolute Gasteiger partial charge is 0.321 e. The molecule has 3 nitrogen and oxygen atoms in total. The third kappa shape index (κ3) is 3.00. The summed E-state index contributed by atoms with van der Waals surface area (Å²) in [5, 5.41) is 3.02. The van der Waals surface area contributed by atoms with E-state index in [2.05, 4.69) is 10.3 Å². The van der Waals surface area contributed by atoms with E-state index in [1.807, 2.05) is 78.9 Å². The minimum Gasteiger partial charge on any atom is -0.321 e. The summed E-state index contributed by atoms with van der Waals surface area (Å²) in [6.45, 7) is 0. The van der Waals surface area contributed by atoms with Crippen molar-refractivity contribution in [2.75, 3.05) is 0 Å². The van der Waals surface area contributed by atoms with Crippen molar-refractivity contribution in [2.24, 2.45) is 0 Å². The molecule has 120 valence electrons. The van der Waals surface area contributed by atoms with Gasteiger partial charge in [0.25, 0.3) is 5.91 Å². The molecule has 0 fully saturated rings. The molecule has 0 radical (unpaired) electrons. The topological polar surface area (TPSA) is 42.0 Å². The van der Waals surface area contributed by atoms with Crippen LogP contribution in [-0.4, -0.2) is 10.9 Å². The average molecular weight is 324 g/mol. The van der Waals surface area contributed by atoms with E-state index in [4.69, 9.17) is 0 Å². The van der Waals surface area contributed by atoms with E-state index in [1.54, 1.807) is 12.4 Å². The number of amides is 1. The van der Waals surface area contributed by atoms with Crippen molar-refractivity contribution in [1.82, 2.24) is 10.3 Å². The summed E-state index contributed by atoms with van der Waals surface area (Å²) in [5.74, 6) is -0.0832. The van der Waals surface area contributed by atoms with Gasteiger partial charge in [-0.3, -0.25) is 9.78 Å². The highest BCUT2D eigenvalue weighted by Crippen LogP contribution is 2.36. The molecule has 0 saturated carbocycles. The minimum absolute atomic E-state index is 0.0832. The van der Waals surface area contributed by atoms with Crippen molar-refractivity contribution < 1.29 is 4.79 Å². The Hall–Kier alpha value is -3.46. The number of carbonyl (C=O) groups is 1. The third-order valence-electron chi connectivity index (χ3n) is 4.11. The zero-order chi connectivity index (χ0) is 17.1. The first-order valence-electron chi connectivity index (χ1n) is 8.11. The number of rotatable bonds is 3. The molecule has 0 atom stereocenters. The SMILES string of the molecule is O=C1N/C(=C\c2cccnc2)C(c2ccccc2)=C1c1ccccc1. The van der Waals surface area contributed by atoms with Gasteiger partial charge < -0.3 is 5.32 Å². The summed E-state index contributed by atoms with van der Waals surface area (Å²) in [6.07, 6.45) is 5.48. The minimum atomic E-state index is -0.0832. The van der Waals surface area contributed by atoms with E-state index in [-0.39, 0.29) is 5.91 Å². The van der Waals surface area contributed by atoms with Crippen LogP contribution in [0.1, 0.15) is 16.7 Å². The van der Waals surface area contributed by atoms with E-state index in [1.165, 1.54) is 0 Å². The molecule has 0 spiro atoms. The van der Waals surface area contributed by atoms with Crippen molar-refractivity contribution in [2.45, 2.75) is 0 Å². The zero-order valence-electron chi connectivity index (χ0n) is 13.5. The van der Waals surface area contributed by atoms with Crippen LogP contribution < -0.4 is 5.32 Å². The lowest BCUT2D eigenvalue weighted by molar-refractivity contribution is -0.114. The lowest BCUT2D eigenvalue weighted by Gasteiger charge is -2.08. The van der Waals surface area contributed by atoms with Gasteiger partial charge in [0, 0.05) is 18.0 Å². The number of hydrogen-bond acceptors (Lipinski definition) is 2. The number of nitrogens with zero attached hydrogens (tertiary/aromatic N) is 1. The monoisotopic (exact) mass is 324 g/mol. The Morgan fingerprint density at radius 1 is 0.760 bits per heavy atom. The lowest BCUT2D eigenvalue weighted by Crippen LogP contribution is -2.15. The van der Waals surface area contributed by atoms with Gasteiger partial charge in [0.05, 0.1) is 11.3 Å². The summed E-state index contributed by atoms with van der Waals surface area (Å²) >= 11 is 0. The van der Waals surface area contributed by atoms with Crippen LogP contribution in [0.2, 0.25) is 0 Å². The molecule has 0 unspecified atom stereocenters. The highest BCUT2D eigenvalue weighted by molar-refractivity contribution is 6.34. The van der Waals surface area contributed by atoms with Gasteiger partial charge in [-0.1, -0.05) is 66.7 Å². The van der Waals surface area contributed by atoms with Crippen LogP contribution in [0.15, 0.2) is 90.9 Å². The number of carbonyl (C=O) groups excluding carboxylic acids is 1. The van der Waals surface area contributed by atoms with Gasteiger partial charge in [0.15, 0.2) is 0 Å². The molecule has 1 aliphatic heterocycles. The molecule has 1 aliphatic rings. The standard InChI is InChI=1S/C22H16N2O/c25-22-21(18-11-5-2-6-12-18)20(17-9-3-1-4-10-17)19(24-22)14-16-8-7-13-23-15-16/h1-15H,(H,24,25)/b19-14-. The van der Waals surface area contributed by atoms with Crippen LogP contribution in [0.25, 0.3) is 17.2 Å². The molecule has 25 heavy (non-hydrogen) atoms. The van der Waals surface area contributed by atoms with Gasteiger partial charge in [-0.15, -0.1) is 0 Å². The number of allylic oxidation sites excluding steroid dienone is 1. The van der Waals surface area contributed by atoms with Crippen LogP contribution in [-0.2, 0) is 4.79 Å². The fourth-order valence-electron chi connectivity index (χ4n) is 3.02. The molecule has 3 aromatic rings. The summed E-state index contributed by atoms with van der Waals surface area (Å²) in [4.78, 5) is 16.9. The molecule has 3 heteroatoms. The smallest absolute Gasteiger partial charge is 0.256 e. The van der Waals surface area contributed by atoms with Gasteiger partial charge in [-0.2, -0.15) is 0 Å². The first-order valence-corrected chi connectivity index (χ1v) is 8.11. The van der Waals surface area contributed by atoms with E-state index >= 15 is 0 Å². The molecular formula is C22H16N2O. The highest BCUT2D eigenvalue weighted by Gasteiger charge is 2.29. The number of hydrogen-bond donors (Lipinski definition) is 1. The first-order chi connectivity index (χ1) is 12.3. The zero-order valence-corrected chi connectivity index (χ0v) is 13.5. The second kappa shape index (κ2) is 6.57. The molecule has 1 aromatic heterocycles. The van der Waals surface area contributed by atoms with Gasteiger partial charge in [-0.05, 0) is 28.8 Å². The fourth-order valence-corrected chi connectivity index (χ4v) is 3.02. The van der Waals surface area contributed by atoms with Crippen LogP contribution in [0, 0.1) is 0 Å². The predicted octanol–water partition coefficient (Wildman–Crippen LogP) is 4.16. The van der Waals surface area contributed by atoms with Gasteiger partial charge >= 0.3 is 0 Å². The molecular weight excluding hydrogens is 308 g/mol. The second-order valence-electron chi connectivity index (χ2n) is 5.78. The maximum Gasteiger partial charge on any atom is 0.256 e. The third-order valence-corrected chi connectivity index (χ3v) is 4.11. The number of aromatic nitrogens is 1. The molecule has 0 bridgehead atoms. The van der Waals surface area contributed by atoms with Crippen molar-refractivity contribution in [3.63, 3.8) is 0 Å². The Bertz CT molecular complexity index is 959. The van der Waals surface area contributed by atoms with E-state index in [0.29, 0.717) is 5.57 Å². The van der Waals surface area contributed by atoms with Gasteiger partial charge in [0.1, 0.15) is 0 Å². The highest BCUT2D eigenvalue weighted by atomic mass is 16.2. The van der Waals surface area contributed by atoms with E-state index in [0.717, 1.165) is 28.0 Å². The summed E-state index contributed by atoms with van der Waals surface area (Å²) in [5.41, 5.74) is 5.27. The number of nitrogens with one attached hydrogen (secondary N) is 1. The molecule has 2 heterocycles. The van der Waals surface area contributed by atoms with Crippen LogP contribution in [0.3, 0.4) is 0 Å². The van der Waals surface area contributed by atoms with Crippen molar-refractivity contribution in [3.05, 3.63) is 108 Å². The van der Waals surface area contributed by atoms with E-state index < -0.39 is 0 Å². The Kier molecular flexibility index (Phi) is 3.97. The quantitative estimate of drug-likeness (QED) is 0.786. The summed E-state index contributed by atoms with van der Waals surface area (Å²) < 4.78 is 0. The lowest BCUT2D eigenvalue weighted by atomic mass is 9.94. The number of benzene rings is 2. The van der Waals surface area contributed by atoms with Crippen LogP contribution in [0.4, 0.5) is 0 Å². The van der Waals surface area contributed by atoms with E-state index in [9.17, 15) is 4.79 Å². The maximum atomic E-state index is 12.7. The molecule has 1 N–H and O–H groups in total. The Morgan fingerprint density at radius 2 is 1.40 bits per heavy atom. The maximum absolute atomic E-state index is 12.7. The second-order valence-corrected chi connectivity index (χ2v) is 5.78. The Labute approximate surface area is 146 Å². The molecule has 0 saturated heterocycles. The van der Waals surface area contributed by atoms with Crippen LogP contribution >= 0.6 is 0 Å². The van der Waals surface area contributed by atoms with Gasteiger partial charge in [-0.25, -0.2) is 0 Å². The van der Waals surface area contributed by atoms with Crippen molar-refractivity contribution >= 4 is 23.1 Å². The van der Waals surface area contributed by atoms with Crippen molar-refractivity contribution in [3.8, 4) is 0 Å². The summed E-state index contributed by atoms with van der Waals surface area (Å²) in [7, 11) is 0. The van der Waals surface area contributed by atoms with Gasteiger partial charge in [0.2, 0.25) is 0 Å². The molecule has 4 rings (SSSR count). The summed E-state index contributed by atoms with van der Waals surface area (Å²) in [6, 6.07) is 23.6. The first kappa shape index (κ1) is 15.1. The number of pyridine rings is 1. The fraction of sp³-hybridized carbons (Fsp3) is 0.